The molecule has 2 heteroatoms. The van der Waals surface area contributed by atoms with Gasteiger partial charge in [-0.1, -0.05) is 6.92 Å². The average molecular weight is 187 g/mol. The summed E-state index contributed by atoms with van der Waals surface area (Å²) in [6.45, 7) is 3.59. The zero-order valence-corrected chi connectivity index (χ0v) is 9.12. The van der Waals surface area contributed by atoms with Crippen molar-refractivity contribution in [2.75, 3.05) is 18.6 Å². The summed E-state index contributed by atoms with van der Waals surface area (Å²) < 4.78 is 0. The van der Waals surface area contributed by atoms with Gasteiger partial charge in [-0.15, -0.1) is 0 Å². The highest BCUT2D eigenvalue weighted by Gasteiger charge is 2.19. The van der Waals surface area contributed by atoms with Crippen molar-refractivity contribution in [1.82, 2.24) is 5.32 Å². The molecule has 0 aromatic carbocycles. The fourth-order valence-electron chi connectivity index (χ4n) is 1.92. The average Bonchev–Trinajstić information content (AvgIpc) is 2.45. The Morgan fingerprint density at radius 1 is 1.42 bits per heavy atom. The largest absolute Gasteiger partial charge is 0.314 e. The van der Waals surface area contributed by atoms with Crippen molar-refractivity contribution in [3.63, 3.8) is 0 Å². The van der Waals surface area contributed by atoms with Crippen LogP contribution in [0.1, 0.15) is 32.6 Å². The molecule has 0 radical (unpaired) electrons. The maximum Gasteiger partial charge on any atom is 0.00697 e. The van der Waals surface area contributed by atoms with Crippen LogP contribution in [-0.2, 0) is 0 Å². The fourth-order valence-corrected chi connectivity index (χ4v) is 2.35. The molecule has 0 bridgehead atoms. The minimum Gasteiger partial charge on any atom is -0.314 e. The maximum absolute atomic E-state index is 3.63. The number of hydrogen-bond donors (Lipinski definition) is 1. The molecular formula is C10H21NS. The van der Waals surface area contributed by atoms with Crippen LogP contribution >= 0.6 is 11.8 Å². The maximum atomic E-state index is 3.63. The highest BCUT2D eigenvalue weighted by atomic mass is 32.2. The van der Waals surface area contributed by atoms with Gasteiger partial charge in [0.05, 0.1) is 0 Å². The van der Waals surface area contributed by atoms with Crippen LogP contribution in [0.4, 0.5) is 0 Å². The second kappa shape index (κ2) is 5.87. The molecule has 1 saturated carbocycles. The number of nitrogens with one attached hydrogen (secondary N) is 1. The van der Waals surface area contributed by atoms with E-state index in [1.165, 1.54) is 38.0 Å². The molecule has 0 aliphatic heterocycles. The van der Waals surface area contributed by atoms with Crippen LogP contribution in [0.3, 0.4) is 0 Å². The molecule has 2 atom stereocenters. The lowest BCUT2D eigenvalue weighted by molar-refractivity contribution is 0.503. The SMILES string of the molecule is CSCCCNC1CCC(C)C1. The Hall–Kier alpha value is 0.310. The third-order valence-electron chi connectivity index (χ3n) is 2.65. The molecule has 1 aliphatic carbocycles. The summed E-state index contributed by atoms with van der Waals surface area (Å²) in [4.78, 5) is 0. The number of rotatable bonds is 5. The van der Waals surface area contributed by atoms with Gasteiger partial charge < -0.3 is 5.32 Å². The zero-order chi connectivity index (χ0) is 8.81. The minimum absolute atomic E-state index is 0.835. The van der Waals surface area contributed by atoms with Gasteiger partial charge in [-0.25, -0.2) is 0 Å². The molecule has 0 saturated heterocycles. The summed E-state index contributed by atoms with van der Waals surface area (Å²) >= 11 is 1.94. The zero-order valence-electron chi connectivity index (χ0n) is 8.31. The molecule has 1 N–H and O–H groups in total. The van der Waals surface area contributed by atoms with E-state index < -0.39 is 0 Å². The van der Waals surface area contributed by atoms with E-state index in [9.17, 15) is 0 Å². The van der Waals surface area contributed by atoms with Crippen LogP contribution in [-0.4, -0.2) is 24.6 Å². The first-order valence-electron chi connectivity index (χ1n) is 5.05. The first-order chi connectivity index (χ1) is 5.83. The quantitative estimate of drug-likeness (QED) is 0.664. The van der Waals surface area contributed by atoms with E-state index >= 15 is 0 Å². The lowest BCUT2D eigenvalue weighted by Gasteiger charge is -2.11. The van der Waals surface area contributed by atoms with Gasteiger partial charge in [-0.05, 0) is 50.2 Å². The Bertz CT molecular complexity index is 116. The summed E-state index contributed by atoms with van der Waals surface area (Å²) in [5.41, 5.74) is 0. The van der Waals surface area contributed by atoms with Crippen molar-refractivity contribution in [3.05, 3.63) is 0 Å². The van der Waals surface area contributed by atoms with Crippen LogP contribution in [0.5, 0.6) is 0 Å². The Balaban J connectivity index is 1.93. The molecule has 0 amide bonds. The topological polar surface area (TPSA) is 12.0 Å². The summed E-state index contributed by atoms with van der Waals surface area (Å²) in [5.74, 6) is 2.26. The van der Waals surface area contributed by atoms with E-state index in [4.69, 9.17) is 0 Å². The van der Waals surface area contributed by atoms with Crippen molar-refractivity contribution in [2.24, 2.45) is 5.92 Å². The molecule has 1 aliphatic rings. The molecule has 0 spiro atoms. The molecule has 1 nitrogen and oxygen atoms in total. The van der Waals surface area contributed by atoms with Crippen molar-refractivity contribution in [1.29, 1.82) is 0 Å². The standard InChI is InChI=1S/C10H21NS/c1-9-4-5-10(8-9)11-6-3-7-12-2/h9-11H,3-8H2,1-2H3. The number of hydrogen-bond acceptors (Lipinski definition) is 2. The van der Waals surface area contributed by atoms with Gasteiger partial charge in [-0.3, -0.25) is 0 Å². The lowest BCUT2D eigenvalue weighted by Crippen LogP contribution is -2.27. The molecule has 2 unspecified atom stereocenters. The summed E-state index contributed by atoms with van der Waals surface area (Å²) in [6.07, 6.45) is 7.74. The van der Waals surface area contributed by atoms with Crippen molar-refractivity contribution in [2.45, 2.75) is 38.6 Å². The Morgan fingerprint density at radius 2 is 2.25 bits per heavy atom. The van der Waals surface area contributed by atoms with Crippen molar-refractivity contribution >= 4 is 11.8 Å². The molecule has 0 aromatic heterocycles. The van der Waals surface area contributed by atoms with Crippen LogP contribution in [0.15, 0.2) is 0 Å². The van der Waals surface area contributed by atoms with E-state index in [0.29, 0.717) is 0 Å². The molecular weight excluding hydrogens is 166 g/mol. The van der Waals surface area contributed by atoms with Gasteiger partial charge in [0, 0.05) is 6.04 Å². The van der Waals surface area contributed by atoms with Gasteiger partial charge >= 0.3 is 0 Å². The molecule has 0 aromatic rings. The van der Waals surface area contributed by atoms with Gasteiger partial charge in [-0.2, -0.15) is 11.8 Å². The second-order valence-electron chi connectivity index (χ2n) is 3.92. The van der Waals surface area contributed by atoms with E-state index in [1.807, 2.05) is 11.8 Å². The second-order valence-corrected chi connectivity index (χ2v) is 4.90. The van der Waals surface area contributed by atoms with Crippen LogP contribution in [0.25, 0.3) is 0 Å². The Kier molecular flexibility index (Phi) is 5.08. The van der Waals surface area contributed by atoms with Crippen molar-refractivity contribution in [3.8, 4) is 0 Å². The lowest BCUT2D eigenvalue weighted by atomic mass is 10.1. The highest BCUT2D eigenvalue weighted by Crippen LogP contribution is 2.24. The van der Waals surface area contributed by atoms with Gasteiger partial charge in [0.15, 0.2) is 0 Å². The van der Waals surface area contributed by atoms with E-state index in [2.05, 4.69) is 18.5 Å². The Labute approximate surface area is 80.7 Å². The van der Waals surface area contributed by atoms with E-state index in [-0.39, 0.29) is 0 Å². The van der Waals surface area contributed by atoms with Gasteiger partial charge in [0.2, 0.25) is 0 Å². The minimum atomic E-state index is 0.835. The third kappa shape index (κ3) is 3.81. The summed E-state index contributed by atoms with van der Waals surface area (Å²) in [6, 6.07) is 0.835. The summed E-state index contributed by atoms with van der Waals surface area (Å²) in [7, 11) is 0. The predicted octanol–water partition coefficient (Wildman–Crippen LogP) is 2.52. The van der Waals surface area contributed by atoms with Crippen molar-refractivity contribution < 1.29 is 0 Å². The van der Waals surface area contributed by atoms with E-state index in [1.54, 1.807) is 0 Å². The molecule has 1 rings (SSSR count). The third-order valence-corrected chi connectivity index (χ3v) is 3.35. The summed E-state index contributed by atoms with van der Waals surface area (Å²) in [5, 5.41) is 3.63. The molecule has 12 heavy (non-hydrogen) atoms. The van der Waals surface area contributed by atoms with E-state index in [0.717, 1.165) is 12.0 Å². The van der Waals surface area contributed by atoms with Gasteiger partial charge in [0.25, 0.3) is 0 Å². The monoisotopic (exact) mass is 187 g/mol. The van der Waals surface area contributed by atoms with Crippen LogP contribution in [0.2, 0.25) is 0 Å². The first kappa shape index (κ1) is 10.4. The normalized spacial score (nSPS) is 29.5. The van der Waals surface area contributed by atoms with Crippen LogP contribution in [0, 0.1) is 5.92 Å². The highest BCUT2D eigenvalue weighted by molar-refractivity contribution is 7.98. The molecule has 1 fully saturated rings. The van der Waals surface area contributed by atoms with Crippen LogP contribution < -0.4 is 5.32 Å². The first-order valence-corrected chi connectivity index (χ1v) is 6.44. The fraction of sp³-hybridized carbons (Fsp3) is 1.00. The molecule has 0 heterocycles. The smallest absolute Gasteiger partial charge is 0.00697 e. The Morgan fingerprint density at radius 3 is 2.83 bits per heavy atom. The predicted molar refractivity (Wildman–Crippen MR) is 57.8 cm³/mol. The number of thioether (sulfide) groups is 1. The molecule has 72 valence electrons. The van der Waals surface area contributed by atoms with Gasteiger partial charge in [0.1, 0.15) is 0 Å².